The summed E-state index contributed by atoms with van der Waals surface area (Å²) < 4.78 is 5.45. The van der Waals surface area contributed by atoms with Gasteiger partial charge in [0.25, 0.3) is 0 Å². The normalized spacial score (nSPS) is 16.1. The maximum Gasteiger partial charge on any atom is 0.413 e. The Labute approximate surface area is 256 Å². The summed E-state index contributed by atoms with van der Waals surface area (Å²) in [4.78, 5) is 12.3. The first-order valence-electron chi connectivity index (χ1n) is 15.0. The number of rotatable bonds is 4. The average molecular weight is 586 g/mol. The first-order valence-corrected chi connectivity index (χ1v) is 15.3. The first kappa shape index (κ1) is 27.4. The fraction of sp³-hybridized carbons (Fsp3) is 0.216. The monoisotopic (exact) mass is 585 g/mol. The number of carbonyl (C=O) groups is 1. The molecule has 1 amide bonds. The molecule has 0 radical (unpaired) electrons. The zero-order valence-corrected chi connectivity index (χ0v) is 24.6. The second-order valence-corrected chi connectivity index (χ2v) is 11.9. The zero-order chi connectivity index (χ0) is 29.2. The third kappa shape index (κ3) is 6.04. The summed E-state index contributed by atoms with van der Waals surface area (Å²) >= 11 is 6.17. The van der Waals surface area contributed by atoms with Crippen LogP contribution in [0.5, 0.6) is 5.75 Å². The molecule has 3 aliphatic carbocycles. The average Bonchev–Trinajstić information content (AvgIpc) is 3.90. The van der Waals surface area contributed by atoms with Gasteiger partial charge in [0.05, 0.1) is 17.8 Å². The lowest BCUT2D eigenvalue weighted by Crippen LogP contribution is -2.32. The van der Waals surface area contributed by atoms with E-state index in [1.807, 2.05) is 42.5 Å². The SMILES string of the molecule is Clc1ccc2ccc3c(c2c1)CCC1=C3C=CCC1.O=C(NC(c1ccccc1)C1CC1)Oc1ccc2nnccc2c1. The van der Waals surface area contributed by atoms with E-state index in [0.29, 0.717) is 11.7 Å². The van der Waals surface area contributed by atoms with Crippen molar-refractivity contribution in [2.75, 3.05) is 0 Å². The summed E-state index contributed by atoms with van der Waals surface area (Å²) in [6.07, 6.45) is 12.9. The third-order valence-corrected chi connectivity index (χ3v) is 8.80. The van der Waals surface area contributed by atoms with Gasteiger partial charge < -0.3 is 10.1 Å². The molecule has 1 fully saturated rings. The van der Waals surface area contributed by atoms with E-state index in [4.69, 9.17) is 16.3 Å². The number of hydrogen-bond acceptors (Lipinski definition) is 4. The van der Waals surface area contributed by atoms with E-state index >= 15 is 0 Å². The van der Waals surface area contributed by atoms with Gasteiger partial charge in [0.15, 0.2) is 0 Å². The summed E-state index contributed by atoms with van der Waals surface area (Å²) in [6, 6.07) is 27.9. The maximum absolute atomic E-state index is 12.3. The number of allylic oxidation sites excluding steroid dienone is 4. The maximum atomic E-state index is 12.3. The summed E-state index contributed by atoms with van der Waals surface area (Å²) in [5.74, 6) is 0.988. The number of nitrogens with one attached hydrogen (secondary N) is 1. The number of aryl methyl sites for hydroxylation is 1. The van der Waals surface area contributed by atoms with Crippen LogP contribution in [0.15, 0.2) is 109 Å². The highest BCUT2D eigenvalue weighted by Gasteiger charge is 2.33. The molecule has 1 saturated carbocycles. The van der Waals surface area contributed by atoms with Crippen molar-refractivity contribution in [3.05, 3.63) is 131 Å². The van der Waals surface area contributed by atoms with Crippen LogP contribution in [-0.4, -0.2) is 16.3 Å². The molecule has 5 nitrogen and oxygen atoms in total. The van der Waals surface area contributed by atoms with E-state index in [9.17, 15) is 4.79 Å². The van der Waals surface area contributed by atoms with E-state index in [1.54, 1.807) is 30.0 Å². The molecule has 43 heavy (non-hydrogen) atoms. The fourth-order valence-corrected chi connectivity index (χ4v) is 6.43. The molecule has 1 atom stereocenters. The minimum Gasteiger partial charge on any atom is -0.410 e. The molecule has 1 N–H and O–H groups in total. The van der Waals surface area contributed by atoms with Crippen molar-refractivity contribution in [1.82, 2.24) is 15.5 Å². The first-order chi connectivity index (χ1) is 21.1. The van der Waals surface area contributed by atoms with E-state index < -0.39 is 6.09 Å². The Morgan fingerprint density at radius 1 is 0.907 bits per heavy atom. The number of aromatic nitrogens is 2. The second-order valence-electron chi connectivity index (χ2n) is 11.4. The molecule has 5 aromatic rings. The smallest absolute Gasteiger partial charge is 0.410 e. The van der Waals surface area contributed by atoms with E-state index in [2.05, 4.69) is 51.9 Å². The minimum absolute atomic E-state index is 0.00465. The van der Waals surface area contributed by atoms with Crippen LogP contribution in [-0.2, 0) is 6.42 Å². The molecule has 0 bridgehead atoms. The molecule has 1 heterocycles. The Hall–Kier alpha value is -4.48. The van der Waals surface area contributed by atoms with Crippen LogP contribution < -0.4 is 10.1 Å². The number of ether oxygens (including phenoxy) is 1. The molecule has 3 aliphatic rings. The van der Waals surface area contributed by atoms with Crippen molar-refractivity contribution in [2.45, 2.75) is 44.6 Å². The van der Waals surface area contributed by atoms with Gasteiger partial charge in [-0.25, -0.2) is 4.79 Å². The van der Waals surface area contributed by atoms with E-state index in [0.717, 1.165) is 40.8 Å². The quantitative estimate of drug-likeness (QED) is 0.228. The molecular weight excluding hydrogens is 554 g/mol. The third-order valence-electron chi connectivity index (χ3n) is 8.56. The summed E-state index contributed by atoms with van der Waals surface area (Å²) in [7, 11) is 0. The Morgan fingerprint density at radius 3 is 2.63 bits per heavy atom. The second kappa shape index (κ2) is 12.0. The number of benzene rings is 4. The fourth-order valence-electron chi connectivity index (χ4n) is 6.26. The summed E-state index contributed by atoms with van der Waals surface area (Å²) in [6.45, 7) is 0. The number of amides is 1. The van der Waals surface area contributed by atoms with Gasteiger partial charge >= 0.3 is 6.09 Å². The van der Waals surface area contributed by atoms with Gasteiger partial charge in [-0.1, -0.05) is 77.9 Å². The number of hydrogen-bond donors (Lipinski definition) is 1. The Bertz CT molecular complexity index is 1880. The van der Waals surface area contributed by atoms with Gasteiger partial charge in [-0.05, 0) is 114 Å². The molecule has 1 unspecified atom stereocenters. The molecule has 0 saturated heterocycles. The van der Waals surface area contributed by atoms with E-state index in [1.165, 1.54) is 46.7 Å². The highest BCUT2D eigenvalue weighted by atomic mass is 35.5. The van der Waals surface area contributed by atoms with Gasteiger partial charge in [0.1, 0.15) is 5.75 Å². The number of halogens is 1. The van der Waals surface area contributed by atoms with Crippen molar-refractivity contribution in [1.29, 1.82) is 0 Å². The van der Waals surface area contributed by atoms with Gasteiger partial charge in [-0.15, -0.1) is 0 Å². The highest BCUT2D eigenvalue weighted by molar-refractivity contribution is 6.31. The molecular formula is C37H32ClN3O2. The Kier molecular flexibility index (Phi) is 7.65. The molecule has 4 aromatic carbocycles. The van der Waals surface area contributed by atoms with Crippen LogP contribution in [0.3, 0.4) is 0 Å². The van der Waals surface area contributed by atoms with Crippen LogP contribution >= 0.6 is 11.6 Å². The highest BCUT2D eigenvalue weighted by Crippen LogP contribution is 2.41. The van der Waals surface area contributed by atoms with Gasteiger partial charge in [-0.2, -0.15) is 10.2 Å². The molecule has 214 valence electrons. The minimum atomic E-state index is -0.433. The zero-order valence-electron chi connectivity index (χ0n) is 23.8. The largest absolute Gasteiger partial charge is 0.413 e. The Balaban J connectivity index is 0.000000143. The summed E-state index contributed by atoms with van der Waals surface area (Å²) in [5.41, 5.74) is 7.89. The number of carbonyl (C=O) groups excluding carboxylic acids is 1. The Morgan fingerprint density at radius 2 is 1.77 bits per heavy atom. The standard InChI is InChI=1S/C19H17N3O2.C18H15Cl/c23-19(21-18(14-6-7-14)13-4-2-1-3-5-13)24-16-8-9-17-15(12-16)10-11-20-22-17;19-14-8-5-13-7-9-16-15-4-2-1-3-12(15)6-10-17(16)18(13)11-14/h1-5,8-12,14,18H,6-7H2,(H,21,23);2,4-5,7-9,11H,1,3,6,10H2. The van der Waals surface area contributed by atoms with Crippen LogP contribution in [0.2, 0.25) is 5.02 Å². The molecule has 6 heteroatoms. The van der Waals surface area contributed by atoms with Crippen molar-refractivity contribution >= 4 is 44.9 Å². The predicted molar refractivity (Wildman–Crippen MR) is 173 cm³/mol. The molecule has 0 spiro atoms. The molecule has 0 aliphatic heterocycles. The molecule has 1 aromatic heterocycles. The number of fused-ring (bicyclic) bond motifs is 5. The van der Waals surface area contributed by atoms with E-state index in [-0.39, 0.29) is 6.04 Å². The lowest BCUT2D eigenvalue weighted by Gasteiger charge is -2.25. The van der Waals surface area contributed by atoms with Crippen LogP contribution in [0.25, 0.3) is 27.2 Å². The van der Waals surface area contributed by atoms with Crippen molar-refractivity contribution in [2.24, 2.45) is 5.92 Å². The van der Waals surface area contributed by atoms with Crippen LogP contribution in [0.1, 0.15) is 54.8 Å². The lowest BCUT2D eigenvalue weighted by atomic mass is 9.79. The predicted octanol–water partition coefficient (Wildman–Crippen LogP) is 9.41. The lowest BCUT2D eigenvalue weighted by molar-refractivity contribution is 0.194. The van der Waals surface area contributed by atoms with Gasteiger partial charge in [0, 0.05) is 10.4 Å². The van der Waals surface area contributed by atoms with Gasteiger partial charge in [-0.3, -0.25) is 0 Å². The van der Waals surface area contributed by atoms with Crippen LogP contribution in [0, 0.1) is 5.92 Å². The number of nitrogens with zero attached hydrogens (tertiary/aromatic N) is 2. The summed E-state index contributed by atoms with van der Waals surface area (Å²) in [5, 5.41) is 15.2. The van der Waals surface area contributed by atoms with Crippen molar-refractivity contribution in [3.63, 3.8) is 0 Å². The van der Waals surface area contributed by atoms with Crippen LogP contribution in [0.4, 0.5) is 4.79 Å². The van der Waals surface area contributed by atoms with Gasteiger partial charge in [0.2, 0.25) is 0 Å². The van der Waals surface area contributed by atoms with Crippen molar-refractivity contribution in [3.8, 4) is 5.75 Å². The van der Waals surface area contributed by atoms with Crippen molar-refractivity contribution < 1.29 is 9.53 Å². The topological polar surface area (TPSA) is 64.1 Å². The molecule has 8 rings (SSSR count).